The van der Waals surface area contributed by atoms with Crippen molar-refractivity contribution >= 4 is 40.0 Å². The molecular weight excluding hydrogens is 561 g/mol. The van der Waals surface area contributed by atoms with Crippen LogP contribution in [-0.2, 0) is 4.74 Å². The molecule has 1 aliphatic carbocycles. The Morgan fingerprint density at radius 3 is 2.77 bits per heavy atom. The predicted octanol–water partition coefficient (Wildman–Crippen LogP) is 4.56. The Bertz CT molecular complexity index is 1320. The van der Waals surface area contributed by atoms with Crippen LogP contribution in [0.1, 0.15) is 75.0 Å². The Kier molecular flexibility index (Phi) is 6.37. The minimum absolute atomic E-state index is 0.150. The molecule has 1 N–H and O–H groups in total. The van der Waals surface area contributed by atoms with Crippen molar-refractivity contribution in [2.75, 3.05) is 11.9 Å². The fraction of sp³-hybridized carbons (Fsp3) is 0.520. The summed E-state index contributed by atoms with van der Waals surface area (Å²) >= 11 is 2.34. The monoisotopic (exact) mass is 591 g/mol. The van der Waals surface area contributed by atoms with E-state index in [0.29, 0.717) is 18.3 Å². The molecule has 2 aliphatic rings. The van der Waals surface area contributed by atoms with E-state index in [1.54, 1.807) is 33.5 Å². The molecule has 3 aromatic heterocycles. The lowest BCUT2D eigenvalue weighted by Gasteiger charge is -2.32. The standard InChI is InChI=1S/C25H30IN5O4/c1-14(2)35-22-17(21(32)27-18-6-5-9-31(23(18)33)20-10-15(20)3)11-30-12-19(28-24(30)29-22)16-7-8-25(4,26)34-13-16/h5-6,9,11-12,14-16,20H,7-8,10,13H2,1-4H3,(H,27,32)/t15-,16?,20-,25-/m1/s1. The van der Waals surface area contributed by atoms with E-state index in [-0.39, 0.29) is 44.4 Å². The number of fused-ring (bicyclic) bond motifs is 1. The fourth-order valence-corrected chi connectivity index (χ4v) is 4.92. The SMILES string of the molecule is CC(C)Oc1nc2nc(C3CC[C@](C)(I)OC3)cn2cc1C(=O)Nc1cccn([C@@H]2C[C@H]2C)c1=O. The van der Waals surface area contributed by atoms with E-state index in [1.807, 2.05) is 20.0 Å². The van der Waals surface area contributed by atoms with Crippen molar-refractivity contribution in [1.29, 1.82) is 0 Å². The third kappa shape index (κ3) is 5.09. The van der Waals surface area contributed by atoms with Crippen molar-refractivity contribution in [3.05, 3.63) is 52.3 Å². The van der Waals surface area contributed by atoms with Crippen molar-refractivity contribution in [1.82, 2.24) is 18.9 Å². The molecule has 4 heterocycles. The third-order valence-corrected chi connectivity index (χ3v) is 7.46. The molecule has 1 amide bonds. The van der Waals surface area contributed by atoms with E-state index in [9.17, 15) is 9.59 Å². The second-order valence-corrected chi connectivity index (χ2v) is 12.3. The minimum atomic E-state index is -0.453. The van der Waals surface area contributed by atoms with Crippen LogP contribution in [-0.4, -0.2) is 41.2 Å². The third-order valence-electron chi connectivity index (χ3n) is 6.61. The van der Waals surface area contributed by atoms with Crippen LogP contribution in [0.2, 0.25) is 0 Å². The summed E-state index contributed by atoms with van der Waals surface area (Å²) in [6.07, 6.45) is 8.01. The number of alkyl halides is 1. The number of anilines is 1. The number of hydrogen-bond acceptors (Lipinski definition) is 6. The van der Waals surface area contributed by atoms with Crippen LogP contribution in [0.5, 0.6) is 5.88 Å². The van der Waals surface area contributed by atoms with Crippen molar-refractivity contribution in [2.24, 2.45) is 5.92 Å². The first kappa shape index (κ1) is 24.2. The zero-order valence-corrected chi connectivity index (χ0v) is 22.5. The molecule has 2 fully saturated rings. The van der Waals surface area contributed by atoms with Crippen LogP contribution in [0.25, 0.3) is 5.78 Å². The van der Waals surface area contributed by atoms with Gasteiger partial charge in [0.2, 0.25) is 11.7 Å². The summed E-state index contributed by atoms with van der Waals surface area (Å²) in [5.74, 6) is 0.824. The molecule has 4 atom stereocenters. The number of hydrogen-bond donors (Lipinski definition) is 1. The summed E-state index contributed by atoms with van der Waals surface area (Å²) in [6.45, 7) is 8.53. The first-order chi connectivity index (χ1) is 16.6. The smallest absolute Gasteiger partial charge is 0.274 e. The van der Waals surface area contributed by atoms with Crippen molar-refractivity contribution in [3.63, 3.8) is 0 Å². The van der Waals surface area contributed by atoms with Gasteiger partial charge in [-0.25, -0.2) is 4.98 Å². The number of nitrogens with one attached hydrogen (secondary N) is 1. The molecule has 186 valence electrons. The lowest BCUT2D eigenvalue weighted by Crippen LogP contribution is -2.30. The molecule has 3 aromatic rings. The van der Waals surface area contributed by atoms with E-state index in [2.05, 4.69) is 46.7 Å². The van der Waals surface area contributed by atoms with Crippen molar-refractivity contribution in [2.45, 2.75) is 68.6 Å². The average Bonchev–Trinajstić information content (AvgIpc) is 3.36. The number of rotatable bonds is 6. The van der Waals surface area contributed by atoms with Gasteiger partial charge in [-0.2, -0.15) is 4.98 Å². The molecule has 35 heavy (non-hydrogen) atoms. The first-order valence-electron chi connectivity index (χ1n) is 12.0. The lowest BCUT2D eigenvalue weighted by atomic mass is 9.96. The lowest BCUT2D eigenvalue weighted by molar-refractivity contribution is 0.00224. The van der Waals surface area contributed by atoms with E-state index in [1.165, 1.54) is 0 Å². The highest BCUT2D eigenvalue weighted by Crippen LogP contribution is 2.41. The molecule has 0 aromatic carbocycles. The predicted molar refractivity (Wildman–Crippen MR) is 141 cm³/mol. The second kappa shape index (κ2) is 9.20. The summed E-state index contributed by atoms with van der Waals surface area (Å²) < 4.78 is 15.1. The van der Waals surface area contributed by atoms with Crippen molar-refractivity contribution < 1.29 is 14.3 Å². The van der Waals surface area contributed by atoms with Gasteiger partial charge in [0.05, 0.1) is 18.4 Å². The molecule has 0 bridgehead atoms. The Morgan fingerprint density at radius 2 is 2.11 bits per heavy atom. The maximum Gasteiger partial charge on any atom is 0.274 e. The maximum atomic E-state index is 13.3. The Morgan fingerprint density at radius 1 is 1.34 bits per heavy atom. The molecule has 1 saturated heterocycles. The largest absolute Gasteiger partial charge is 0.474 e. The first-order valence-corrected chi connectivity index (χ1v) is 13.1. The van der Waals surface area contributed by atoms with E-state index < -0.39 is 5.91 Å². The summed E-state index contributed by atoms with van der Waals surface area (Å²) in [5, 5.41) is 2.78. The minimum Gasteiger partial charge on any atom is -0.474 e. The van der Waals surface area contributed by atoms with Gasteiger partial charge in [-0.05, 0) is 80.7 Å². The van der Waals surface area contributed by atoms with Crippen LogP contribution in [0, 0.1) is 5.92 Å². The van der Waals surface area contributed by atoms with Crippen molar-refractivity contribution in [3.8, 4) is 5.88 Å². The molecule has 5 rings (SSSR count). The van der Waals surface area contributed by atoms with E-state index in [0.717, 1.165) is 25.0 Å². The van der Waals surface area contributed by atoms with E-state index in [4.69, 9.17) is 14.5 Å². The molecule has 0 radical (unpaired) electrons. The number of ether oxygens (including phenoxy) is 2. The molecule has 1 unspecified atom stereocenters. The van der Waals surface area contributed by atoms with Gasteiger partial charge in [0.15, 0.2) is 0 Å². The summed E-state index contributed by atoms with van der Waals surface area (Å²) in [7, 11) is 0. The zero-order chi connectivity index (χ0) is 24.9. The molecule has 1 saturated carbocycles. The second-order valence-electron chi connectivity index (χ2n) is 10.0. The Balaban J connectivity index is 1.45. The number of aromatic nitrogens is 4. The average molecular weight is 591 g/mol. The number of carbonyl (C=O) groups is 1. The van der Waals surface area contributed by atoms with Gasteiger partial charge < -0.3 is 19.4 Å². The molecule has 10 heteroatoms. The fourth-order valence-electron chi connectivity index (χ4n) is 4.43. The van der Waals surface area contributed by atoms with Gasteiger partial charge in [0, 0.05) is 30.6 Å². The van der Waals surface area contributed by atoms with Gasteiger partial charge in [0.1, 0.15) is 14.9 Å². The Hall–Kier alpha value is -2.47. The number of carbonyl (C=O) groups excluding carboxylic acids is 1. The molecule has 9 nitrogen and oxygen atoms in total. The molecule has 0 spiro atoms. The number of halogens is 1. The highest BCUT2D eigenvalue weighted by molar-refractivity contribution is 14.1. The van der Waals surface area contributed by atoms with Gasteiger partial charge in [0.25, 0.3) is 11.5 Å². The maximum absolute atomic E-state index is 13.3. The van der Waals surface area contributed by atoms with Gasteiger partial charge in [-0.15, -0.1) is 0 Å². The Labute approximate surface area is 217 Å². The summed E-state index contributed by atoms with van der Waals surface area (Å²) in [6, 6.07) is 3.60. The van der Waals surface area contributed by atoms with E-state index >= 15 is 0 Å². The van der Waals surface area contributed by atoms with Crippen LogP contribution in [0.3, 0.4) is 0 Å². The highest BCUT2D eigenvalue weighted by Gasteiger charge is 2.35. The van der Waals surface area contributed by atoms with Gasteiger partial charge >= 0.3 is 0 Å². The van der Waals surface area contributed by atoms with Crippen LogP contribution in [0.4, 0.5) is 5.69 Å². The molecular formula is C25H30IN5O4. The quantitative estimate of drug-likeness (QED) is 0.334. The summed E-state index contributed by atoms with van der Waals surface area (Å²) in [4.78, 5) is 35.5. The number of amides is 1. The number of nitrogens with zero attached hydrogens (tertiary/aromatic N) is 4. The summed E-state index contributed by atoms with van der Waals surface area (Å²) in [5.41, 5.74) is 1.14. The molecule has 1 aliphatic heterocycles. The number of pyridine rings is 1. The number of imidazole rings is 1. The van der Waals surface area contributed by atoms with Crippen LogP contribution >= 0.6 is 22.6 Å². The van der Waals surface area contributed by atoms with Gasteiger partial charge in [-0.1, -0.05) is 6.92 Å². The highest BCUT2D eigenvalue weighted by atomic mass is 127. The normalized spacial score (nSPS) is 26.2. The van der Waals surface area contributed by atoms with Crippen LogP contribution in [0.15, 0.2) is 35.5 Å². The topological polar surface area (TPSA) is 99.8 Å². The van der Waals surface area contributed by atoms with Gasteiger partial charge in [-0.3, -0.25) is 14.0 Å². The van der Waals surface area contributed by atoms with Crippen LogP contribution < -0.4 is 15.6 Å². The zero-order valence-electron chi connectivity index (χ0n) is 20.3.